The summed E-state index contributed by atoms with van der Waals surface area (Å²) >= 11 is 0. The summed E-state index contributed by atoms with van der Waals surface area (Å²) < 4.78 is 11.4. The largest absolute Gasteiger partial charge is 0.465 e. The van der Waals surface area contributed by atoms with Crippen molar-refractivity contribution in [2.24, 2.45) is 0 Å². The molecule has 21 heavy (non-hydrogen) atoms. The Labute approximate surface area is 125 Å². The van der Waals surface area contributed by atoms with E-state index in [9.17, 15) is 0 Å². The summed E-state index contributed by atoms with van der Waals surface area (Å²) in [6.07, 6.45) is 8.54. The lowest BCUT2D eigenvalue weighted by Crippen LogP contribution is -2.24. The van der Waals surface area contributed by atoms with Crippen LogP contribution >= 0.6 is 0 Å². The van der Waals surface area contributed by atoms with Crippen LogP contribution in [-0.2, 0) is 4.74 Å². The van der Waals surface area contributed by atoms with E-state index >= 15 is 0 Å². The van der Waals surface area contributed by atoms with Gasteiger partial charge in [0.05, 0.1) is 6.61 Å². The van der Waals surface area contributed by atoms with E-state index in [0.29, 0.717) is 0 Å². The van der Waals surface area contributed by atoms with Gasteiger partial charge in [0.25, 0.3) is 0 Å². The predicted octanol–water partition coefficient (Wildman–Crippen LogP) is 4.24. The van der Waals surface area contributed by atoms with Gasteiger partial charge in [-0.2, -0.15) is 0 Å². The first-order valence-corrected chi connectivity index (χ1v) is 7.30. The summed E-state index contributed by atoms with van der Waals surface area (Å²) in [6, 6.07) is 16.1. The van der Waals surface area contributed by atoms with Gasteiger partial charge in [0.15, 0.2) is 6.29 Å². The molecule has 106 valence electrons. The summed E-state index contributed by atoms with van der Waals surface area (Å²) in [7, 11) is 0. The Morgan fingerprint density at radius 1 is 0.952 bits per heavy atom. The Hall–Kier alpha value is -2.24. The standard InChI is InChI=1S/C19H18O2/c1-2-15-6-8-16(9-7-15)17-10-12-18(13-11-17)21-19-5-3-4-14-20-19/h1,6-13,19H,3-5,14H2. The monoisotopic (exact) mass is 278 g/mol. The summed E-state index contributed by atoms with van der Waals surface area (Å²) in [4.78, 5) is 0. The highest BCUT2D eigenvalue weighted by Crippen LogP contribution is 2.24. The van der Waals surface area contributed by atoms with Crippen LogP contribution in [-0.4, -0.2) is 12.9 Å². The molecule has 0 N–H and O–H groups in total. The molecule has 0 bridgehead atoms. The van der Waals surface area contributed by atoms with Crippen LogP contribution in [0.25, 0.3) is 11.1 Å². The smallest absolute Gasteiger partial charge is 0.199 e. The minimum atomic E-state index is -0.0977. The molecule has 0 radical (unpaired) electrons. The van der Waals surface area contributed by atoms with Crippen LogP contribution in [0.3, 0.4) is 0 Å². The molecule has 1 heterocycles. The Bertz CT molecular complexity index is 614. The Balaban J connectivity index is 1.69. The molecule has 2 aromatic carbocycles. The van der Waals surface area contributed by atoms with Crippen LogP contribution in [0.5, 0.6) is 5.75 Å². The minimum Gasteiger partial charge on any atom is -0.465 e. The summed E-state index contributed by atoms with van der Waals surface area (Å²) in [5, 5.41) is 0. The lowest BCUT2D eigenvalue weighted by Gasteiger charge is -2.23. The normalized spacial score (nSPS) is 18.0. The molecule has 1 aliphatic heterocycles. The third-order valence-corrected chi connectivity index (χ3v) is 3.64. The van der Waals surface area contributed by atoms with Crippen molar-refractivity contribution in [2.45, 2.75) is 25.6 Å². The molecular formula is C19H18O2. The van der Waals surface area contributed by atoms with E-state index in [0.717, 1.165) is 41.9 Å². The Kier molecular flexibility index (Phi) is 4.23. The SMILES string of the molecule is C#Cc1ccc(-c2ccc(OC3CCCCO3)cc2)cc1. The first-order chi connectivity index (χ1) is 10.3. The van der Waals surface area contributed by atoms with Gasteiger partial charge < -0.3 is 9.47 Å². The number of rotatable bonds is 3. The molecule has 3 rings (SSSR count). The van der Waals surface area contributed by atoms with Crippen molar-refractivity contribution < 1.29 is 9.47 Å². The quantitative estimate of drug-likeness (QED) is 0.782. The molecule has 2 nitrogen and oxygen atoms in total. The van der Waals surface area contributed by atoms with Crippen molar-refractivity contribution in [2.75, 3.05) is 6.61 Å². The van der Waals surface area contributed by atoms with E-state index in [-0.39, 0.29) is 6.29 Å². The Morgan fingerprint density at radius 3 is 2.19 bits per heavy atom. The fourth-order valence-electron chi connectivity index (χ4n) is 2.44. The van der Waals surface area contributed by atoms with Gasteiger partial charge in [0, 0.05) is 12.0 Å². The lowest BCUT2D eigenvalue weighted by atomic mass is 10.0. The maximum absolute atomic E-state index is 5.83. The highest BCUT2D eigenvalue weighted by Gasteiger charge is 2.14. The highest BCUT2D eigenvalue weighted by molar-refractivity contribution is 5.65. The second-order valence-corrected chi connectivity index (χ2v) is 5.16. The topological polar surface area (TPSA) is 18.5 Å². The van der Waals surface area contributed by atoms with E-state index < -0.39 is 0 Å². The zero-order chi connectivity index (χ0) is 14.5. The third kappa shape index (κ3) is 3.45. The average molecular weight is 278 g/mol. The number of benzene rings is 2. The van der Waals surface area contributed by atoms with Crippen molar-refractivity contribution in [1.29, 1.82) is 0 Å². The molecule has 0 saturated carbocycles. The van der Waals surface area contributed by atoms with E-state index in [1.807, 2.05) is 36.4 Å². The molecule has 0 aromatic heterocycles. The van der Waals surface area contributed by atoms with Gasteiger partial charge >= 0.3 is 0 Å². The molecule has 2 heteroatoms. The van der Waals surface area contributed by atoms with Gasteiger partial charge in [-0.05, 0) is 48.2 Å². The molecule has 1 fully saturated rings. The predicted molar refractivity (Wildman–Crippen MR) is 84.0 cm³/mol. The fraction of sp³-hybridized carbons (Fsp3) is 0.263. The van der Waals surface area contributed by atoms with Crippen LogP contribution in [0.1, 0.15) is 24.8 Å². The average Bonchev–Trinajstić information content (AvgIpc) is 2.57. The maximum atomic E-state index is 5.83. The molecule has 0 amide bonds. The van der Waals surface area contributed by atoms with E-state index in [1.165, 1.54) is 6.42 Å². The van der Waals surface area contributed by atoms with E-state index in [4.69, 9.17) is 15.9 Å². The van der Waals surface area contributed by atoms with E-state index in [2.05, 4.69) is 18.1 Å². The number of hydrogen-bond donors (Lipinski definition) is 0. The van der Waals surface area contributed by atoms with Crippen LogP contribution in [0.15, 0.2) is 48.5 Å². The third-order valence-electron chi connectivity index (χ3n) is 3.64. The zero-order valence-electron chi connectivity index (χ0n) is 11.9. The molecule has 1 saturated heterocycles. The van der Waals surface area contributed by atoms with Gasteiger partial charge in [-0.1, -0.05) is 30.2 Å². The van der Waals surface area contributed by atoms with Crippen LogP contribution in [0.2, 0.25) is 0 Å². The molecule has 0 aliphatic carbocycles. The van der Waals surface area contributed by atoms with Crippen LogP contribution < -0.4 is 4.74 Å². The van der Waals surface area contributed by atoms with Crippen molar-refractivity contribution >= 4 is 0 Å². The summed E-state index contributed by atoms with van der Waals surface area (Å²) in [5.41, 5.74) is 3.19. The maximum Gasteiger partial charge on any atom is 0.199 e. The van der Waals surface area contributed by atoms with Gasteiger partial charge in [0.2, 0.25) is 0 Å². The van der Waals surface area contributed by atoms with Crippen LogP contribution in [0.4, 0.5) is 0 Å². The molecular weight excluding hydrogens is 260 g/mol. The van der Waals surface area contributed by atoms with Gasteiger partial charge in [0.1, 0.15) is 5.75 Å². The van der Waals surface area contributed by atoms with Gasteiger partial charge in [-0.3, -0.25) is 0 Å². The number of ether oxygens (including phenoxy) is 2. The van der Waals surface area contributed by atoms with Crippen molar-refractivity contribution in [1.82, 2.24) is 0 Å². The summed E-state index contributed by atoms with van der Waals surface area (Å²) in [5.74, 6) is 3.48. The Morgan fingerprint density at radius 2 is 1.62 bits per heavy atom. The van der Waals surface area contributed by atoms with Crippen molar-refractivity contribution in [3.63, 3.8) is 0 Å². The second kappa shape index (κ2) is 6.47. The zero-order valence-corrected chi connectivity index (χ0v) is 11.9. The molecule has 1 aliphatic rings. The fourth-order valence-corrected chi connectivity index (χ4v) is 2.44. The van der Waals surface area contributed by atoms with Gasteiger partial charge in [-0.15, -0.1) is 6.42 Å². The van der Waals surface area contributed by atoms with E-state index in [1.54, 1.807) is 0 Å². The van der Waals surface area contributed by atoms with Crippen molar-refractivity contribution in [3.8, 4) is 29.2 Å². The first-order valence-electron chi connectivity index (χ1n) is 7.30. The summed E-state index contributed by atoms with van der Waals surface area (Å²) in [6.45, 7) is 0.796. The van der Waals surface area contributed by atoms with Crippen molar-refractivity contribution in [3.05, 3.63) is 54.1 Å². The number of terminal acetylenes is 1. The molecule has 1 atom stereocenters. The molecule has 2 aromatic rings. The second-order valence-electron chi connectivity index (χ2n) is 5.16. The minimum absolute atomic E-state index is 0.0977. The first kappa shape index (κ1) is 13.7. The van der Waals surface area contributed by atoms with Crippen LogP contribution in [0, 0.1) is 12.3 Å². The number of hydrogen-bond acceptors (Lipinski definition) is 2. The lowest BCUT2D eigenvalue weighted by molar-refractivity contribution is -0.105. The van der Waals surface area contributed by atoms with Gasteiger partial charge in [-0.25, -0.2) is 0 Å². The molecule has 1 unspecified atom stereocenters. The molecule has 0 spiro atoms. The highest BCUT2D eigenvalue weighted by atomic mass is 16.7.